The summed E-state index contributed by atoms with van der Waals surface area (Å²) in [5.41, 5.74) is 6.71. The van der Waals surface area contributed by atoms with Crippen LogP contribution in [0.4, 0.5) is 15.8 Å². The topological polar surface area (TPSA) is 64.3 Å². The van der Waals surface area contributed by atoms with Crippen molar-refractivity contribution in [3.8, 4) is 5.75 Å². The number of benzene rings is 2. The van der Waals surface area contributed by atoms with Crippen LogP contribution >= 0.6 is 0 Å². The van der Waals surface area contributed by atoms with Gasteiger partial charge in [-0.05, 0) is 30.3 Å². The number of hydrogen-bond donors (Lipinski definition) is 2. The van der Waals surface area contributed by atoms with Crippen LogP contribution in [0.3, 0.4) is 0 Å². The van der Waals surface area contributed by atoms with Crippen molar-refractivity contribution in [3.05, 3.63) is 54.3 Å². The molecule has 0 atom stereocenters. The van der Waals surface area contributed by atoms with E-state index < -0.39 is 5.82 Å². The number of carbonyl (C=O) groups excluding carboxylic acids is 1. The first-order chi connectivity index (χ1) is 9.15. The highest BCUT2D eigenvalue weighted by molar-refractivity contribution is 5.92. The summed E-state index contributed by atoms with van der Waals surface area (Å²) in [5, 5.41) is 2.61. The zero-order chi connectivity index (χ0) is 13.7. The number of nitrogens with two attached hydrogens (primary N) is 1. The van der Waals surface area contributed by atoms with E-state index in [4.69, 9.17) is 10.5 Å². The van der Waals surface area contributed by atoms with E-state index in [1.54, 1.807) is 36.4 Å². The first-order valence-corrected chi connectivity index (χ1v) is 5.68. The molecule has 19 heavy (non-hydrogen) atoms. The largest absolute Gasteiger partial charge is 0.481 e. The second kappa shape index (κ2) is 5.86. The van der Waals surface area contributed by atoms with Gasteiger partial charge in [0.25, 0.3) is 5.91 Å². The molecule has 0 saturated carbocycles. The van der Waals surface area contributed by atoms with E-state index in [0.717, 1.165) is 0 Å². The minimum absolute atomic E-state index is 0.0465. The normalized spacial score (nSPS) is 9.95. The molecule has 3 N–H and O–H groups in total. The highest BCUT2D eigenvalue weighted by Gasteiger charge is 2.06. The molecular formula is C14H13FN2O2. The van der Waals surface area contributed by atoms with Gasteiger partial charge in [-0.1, -0.05) is 18.2 Å². The monoisotopic (exact) mass is 260 g/mol. The number of nitrogen functional groups attached to an aromatic ring is 1. The second-order valence-electron chi connectivity index (χ2n) is 3.89. The number of anilines is 2. The third kappa shape index (κ3) is 3.70. The fraction of sp³-hybridized carbons (Fsp3) is 0.0714. The van der Waals surface area contributed by atoms with Gasteiger partial charge in [-0.3, -0.25) is 4.79 Å². The molecule has 0 spiro atoms. The summed E-state index contributed by atoms with van der Waals surface area (Å²) in [5.74, 6) is -0.835. The van der Waals surface area contributed by atoms with Crippen LogP contribution in [0.5, 0.6) is 5.75 Å². The van der Waals surface area contributed by atoms with E-state index in [9.17, 15) is 9.18 Å². The van der Waals surface area contributed by atoms with Gasteiger partial charge in [0.1, 0.15) is 0 Å². The third-order valence-corrected chi connectivity index (χ3v) is 2.37. The Labute approximate surface area is 110 Å². The minimum Gasteiger partial charge on any atom is -0.481 e. The maximum atomic E-state index is 13.2. The van der Waals surface area contributed by atoms with Gasteiger partial charge in [-0.2, -0.15) is 0 Å². The number of halogens is 1. The van der Waals surface area contributed by atoms with Crippen LogP contribution in [0.25, 0.3) is 0 Å². The standard InChI is InChI=1S/C14H13FN2O2/c15-12-6-1-2-7-13(12)19-9-14(18)17-11-5-3-4-10(16)8-11/h1-8H,9,16H2,(H,17,18). The van der Waals surface area contributed by atoms with Gasteiger partial charge in [0.2, 0.25) is 0 Å². The molecule has 2 aromatic rings. The molecule has 2 aromatic carbocycles. The highest BCUT2D eigenvalue weighted by atomic mass is 19.1. The molecule has 0 radical (unpaired) electrons. The lowest BCUT2D eigenvalue weighted by Crippen LogP contribution is -2.20. The van der Waals surface area contributed by atoms with Crippen LogP contribution in [-0.2, 0) is 4.79 Å². The van der Waals surface area contributed by atoms with Gasteiger partial charge in [0.05, 0.1) is 0 Å². The molecule has 98 valence electrons. The summed E-state index contributed by atoms with van der Waals surface area (Å²) in [7, 11) is 0. The molecule has 5 heteroatoms. The minimum atomic E-state index is -0.501. The van der Waals surface area contributed by atoms with Crippen molar-refractivity contribution >= 4 is 17.3 Å². The Bertz CT molecular complexity index is 587. The van der Waals surface area contributed by atoms with Gasteiger partial charge in [0, 0.05) is 11.4 Å². The van der Waals surface area contributed by atoms with Crippen molar-refractivity contribution in [2.24, 2.45) is 0 Å². The average molecular weight is 260 g/mol. The predicted octanol–water partition coefficient (Wildman–Crippen LogP) is 2.43. The average Bonchev–Trinajstić information content (AvgIpc) is 2.38. The zero-order valence-electron chi connectivity index (χ0n) is 10.1. The summed E-state index contributed by atoms with van der Waals surface area (Å²) < 4.78 is 18.3. The summed E-state index contributed by atoms with van der Waals surface area (Å²) in [6.07, 6.45) is 0. The maximum Gasteiger partial charge on any atom is 0.262 e. The molecule has 0 unspecified atom stereocenters. The number of nitrogens with one attached hydrogen (secondary N) is 1. The first kappa shape index (κ1) is 12.9. The Balaban J connectivity index is 1.90. The van der Waals surface area contributed by atoms with Crippen LogP contribution in [0, 0.1) is 5.82 Å². The predicted molar refractivity (Wildman–Crippen MR) is 71.4 cm³/mol. The van der Waals surface area contributed by atoms with E-state index in [0.29, 0.717) is 11.4 Å². The van der Waals surface area contributed by atoms with Crippen LogP contribution in [0.1, 0.15) is 0 Å². The Morgan fingerprint density at radius 2 is 2.00 bits per heavy atom. The summed E-state index contributed by atoms with van der Waals surface area (Å²) in [6, 6.07) is 12.7. The lowest BCUT2D eigenvalue weighted by Gasteiger charge is -2.08. The summed E-state index contributed by atoms with van der Waals surface area (Å²) in [4.78, 5) is 11.6. The molecule has 0 aromatic heterocycles. The molecule has 0 bridgehead atoms. The van der Waals surface area contributed by atoms with Gasteiger partial charge in [0.15, 0.2) is 18.2 Å². The molecule has 2 rings (SSSR count). The van der Waals surface area contributed by atoms with E-state index in [-0.39, 0.29) is 18.3 Å². The number of carbonyl (C=O) groups is 1. The van der Waals surface area contributed by atoms with Gasteiger partial charge in [-0.15, -0.1) is 0 Å². The second-order valence-corrected chi connectivity index (χ2v) is 3.89. The lowest BCUT2D eigenvalue weighted by molar-refractivity contribution is -0.118. The summed E-state index contributed by atoms with van der Waals surface area (Å²) in [6.45, 7) is -0.268. The molecule has 1 amide bonds. The first-order valence-electron chi connectivity index (χ1n) is 5.68. The number of para-hydroxylation sites is 1. The van der Waals surface area contributed by atoms with Crippen molar-refractivity contribution in [3.63, 3.8) is 0 Å². The Morgan fingerprint density at radius 1 is 1.21 bits per heavy atom. The smallest absolute Gasteiger partial charge is 0.262 e. The van der Waals surface area contributed by atoms with Gasteiger partial charge in [-0.25, -0.2) is 4.39 Å². The van der Waals surface area contributed by atoms with Crippen molar-refractivity contribution < 1.29 is 13.9 Å². The van der Waals surface area contributed by atoms with E-state index in [1.807, 2.05) is 0 Å². The molecule has 0 aliphatic carbocycles. The van der Waals surface area contributed by atoms with Crippen molar-refractivity contribution in [2.75, 3.05) is 17.7 Å². The van der Waals surface area contributed by atoms with Crippen LogP contribution in [-0.4, -0.2) is 12.5 Å². The van der Waals surface area contributed by atoms with Crippen molar-refractivity contribution in [2.45, 2.75) is 0 Å². The quantitative estimate of drug-likeness (QED) is 0.830. The fourth-order valence-electron chi connectivity index (χ4n) is 1.52. The highest BCUT2D eigenvalue weighted by Crippen LogP contribution is 2.15. The van der Waals surface area contributed by atoms with Crippen LogP contribution in [0.2, 0.25) is 0 Å². The number of amides is 1. The third-order valence-electron chi connectivity index (χ3n) is 2.37. The summed E-state index contributed by atoms with van der Waals surface area (Å²) >= 11 is 0. The Kier molecular flexibility index (Phi) is 3.97. The number of rotatable bonds is 4. The maximum absolute atomic E-state index is 13.2. The van der Waals surface area contributed by atoms with Gasteiger partial charge >= 0.3 is 0 Å². The van der Waals surface area contributed by atoms with Crippen molar-refractivity contribution in [1.29, 1.82) is 0 Å². The Morgan fingerprint density at radius 3 is 2.74 bits per heavy atom. The number of hydrogen-bond acceptors (Lipinski definition) is 3. The molecule has 0 fully saturated rings. The molecule has 0 aliphatic heterocycles. The SMILES string of the molecule is Nc1cccc(NC(=O)COc2ccccc2F)c1. The van der Waals surface area contributed by atoms with E-state index in [2.05, 4.69) is 5.32 Å². The number of ether oxygens (including phenoxy) is 1. The lowest BCUT2D eigenvalue weighted by atomic mass is 10.3. The van der Waals surface area contributed by atoms with Crippen LogP contribution < -0.4 is 15.8 Å². The van der Waals surface area contributed by atoms with E-state index in [1.165, 1.54) is 12.1 Å². The van der Waals surface area contributed by atoms with E-state index >= 15 is 0 Å². The molecule has 0 saturated heterocycles. The van der Waals surface area contributed by atoms with Crippen LogP contribution in [0.15, 0.2) is 48.5 Å². The van der Waals surface area contributed by atoms with Gasteiger partial charge < -0.3 is 15.8 Å². The molecular weight excluding hydrogens is 247 g/mol. The molecule has 0 aliphatic rings. The Hall–Kier alpha value is -2.56. The fourth-order valence-corrected chi connectivity index (χ4v) is 1.52. The molecule has 0 heterocycles. The molecule has 4 nitrogen and oxygen atoms in total. The zero-order valence-corrected chi connectivity index (χ0v) is 10.1. The van der Waals surface area contributed by atoms with Crippen molar-refractivity contribution in [1.82, 2.24) is 0 Å².